The Labute approximate surface area is 215 Å². The summed E-state index contributed by atoms with van der Waals surface area (Å²) in [5.74, 6) is -0.000886. The Morgan fingerprint density at radius 1 is 1.14 bits per heavy atom. The van der Waals surface area contributed by atoms with Gasteiger partial charge in [-0.15, -0.1) is 0 Å². The van der Waals surface area contributed by atoms with Crippen molar-refractivity contribution in [1.82, 2.24) is 19.9 Å². The number of carboxylic acid groups (broad SMARTS) is 1. The van der Waals surface area contributed by atoms with Crippen LogP contribution in [0.3, 0.4) is 0 Å². The van der Waals surface area contributed by atoms with E-state index in [4.69, 9.17) is 4.74 Å². The minimum Gasteiger partial charge on any atom is -0.465 e. The number of H-pyrrole nitrogens is 1. The number of esters is 1. The summed E-state index contributed by atoms with van der Waals surface area (Å²) in [4.78, 5) is 50.7. The van der Waals surface area contributed by atoms with Gasteiger partial charge in [-0.25, -0.2) is 19.6 Å². The van der Waals surface area contributed by atoms with Crippen LogP contribution in [-0.4, -0.2) is 56.1 Å². The van der Waals surface area contributed by atoms with Crippen molar-refractivity contribution < 1.29 is 24.2 Å². The van der Waals surface area contributed by atoms with Gasteiger partial charge in [0.05, 0.1) is 12.6 Å². The maximum absolute atomic E-state index is 12.8. The third kappa shape index (κ3) is 5.96. The van der Waals surface area contributed by atoms with Gasteiger partial charge in [-0.3, -0.25) is 9.69 Å². The molecule has 3 N–H and O–H groups in total. The number of likely N-dealkylation sites (tertiary alicyclic amines) is 1. The standard InChI is InChI=1S/C27H31N5O5/c1-3-17-13-14-28-21(16-17)29-25(33)19-11-9-18(10-12-19)22-23(26(34)37-4-2)31-24(30-22)20-8-6-5-7-15-32(20)27(35)36/h9-14,16,20H,3-8,15H2,1-2H3,(H,30,31)(H,35,36)(H,28,29,33). The van der Waals surface area contributed by atoms with Crippen LogP contribution in [0.15, 0.2) is 42.6 Å². The number of carbonyl (C=O) groups excluding carboxylic acids is 2. The van der Waals surface area contributed by atoms with Gasteiger partial charge in [-0.05, 0) is 56.0 Å². The number of hydrogen-bond donors (Lipinski definition) is 3. The minimum atomic E-state index is -1.02. The fourth-order valence-electron chi connectivity index (χ4n) is 4.46. The Hall–Kier alpha value is -4.21. The van der Waals surface area contributed by atoms with E-state index in [0.717, 1.165) is 31.2 Å². The maximum atomic E-state index is 12.8. The number of anilines is 1. The molecule has 3 heterocycles. The third-order valence-corrected chi connectivity index (χ3v) is 6.41. The van der Waals surface area contributed by atoms with Crippen molar-refractivity contribution in [2.75, 3.05) is 18.5 Å². The Balaban J connectivity index is 1.63. The fourth-order valence-corrected chi connectivity index (χ4v) is 4.46. The molecule has 37 heavy (non-hydrogen) atoms. The second-order valence-electron chi connectivity index (χ2n) is 8.84. The second kappa shape index (κ2) is 11.7. The van der Waals surface area contributed by atoms with Crippen LogP contribution in [0, 0.1) is 0 Å². The molecule has 4 rings (SSSR count). The number of pyridine rings is 1. The zero-order valence-corrected chi connectivity index (χ0v) is 21.0. The zero-order chi connectivity index (χ0) is 26.4. The van der Waals surface area contributed by atoms with Gasteiger partial charge >= 0.3 is 12.1 Å². The second-order valence-corrected chi connectivity index (χ2v) is 8.84. The average molecular weight is 506 g/mol. The van der Waals surface area contributed by atoms with Crippen LogP contribution in [-0.2, 0) is 11.2 Å². The number of nitrogens with one attached hydrogen (secondary N) is 2. The molecule has 1 saturated heterocycles. The average Bonchev–Trinajstić information content (AvgIpc) is 3.19. The number of rotatable bonds is 7. The largest absolute Gasteiger partial charge is 0.465 e. The molecule has 1 unspecified atom stereocenters. The van der Waals surface area contributed by atoms with Crippen LogP contribution in [0.5, 0.6) is 0 Å². The molecule has 2 amide bonds. The summed E-state index contributed by atoms with van der Waals surface area (Å²) in [5, 5.41) is 12.5. The number of ether oxygens (including phenoxy) is 1. The molecule has 0 spiro atoms. The summed E-state index contributed by atoms with van der Waals surface area (Å²) in [5.41, 5.74) is 2.60. The summed E-state index contributed by atoms with van der Waals surface area (Å²) >= 11 is 0. The van der Waals surface area contributed by atoms with Crippen LogP contribution in [0.1, 0.15) is 77.8 Å². The van der Waals surface area contributed by atoms with E-state index in [9.17, 15) is 19.5 Å². The van der Waals surface area contributed by atoms with Crippen molar-refractivity contribution >= 4 is 23.8 Å². The third-order valence-electron chi connectivity index (χ3n) is 6.41. The van der Waals surface area contributed by atoms with E-state index in [2.05, 4.69) is 20.3 Å². The van der Waals surface area contributed by atoms with E-state index in [-0.39, 0.29) is 18.2 Å². The van der Waals surface area contributed by atoms with Gasteiger partial charge in [-0.1, -0.05) is 31.9 Å². The number of carbonyl (C=O) groups is 3. The van der Waals surface area contributed by atoms with Crippen LogP contribution in [0.25, 0.3) is 11.3 Å². The van der Waals surface area contributed by atoms with E-state index in [1.54, 1.807) is 37.4 Å². The van der Waals surface area contributed by atoms with Crippen molar-refractivity contribution in [3.8, 4) is 11.3 Å². The van der Waals surface area contributed by atoms with E-state index in [1.807, 2.05) is 19.1 Å². The first-order chi connectivity index (χ1) is 17.9. The normalized spacial score (nSPS) is 15.6. The molecule has 0 radical (unpaired) electrons. The summed E-state index contributed by atoms with van der Waals surface area (Å²) in [6, 6.07) is 9.94. The quantitative estimate of drug-likeness (QED) is 0.382. The van der Waals surface area contributed by atoms with Gasteiger partial charge < -0.3 is 20.1 Å². The summed E-state index contributed by atoms with van der Waals surface area (Å²) in [6.07, 6.45) is 4.65. The lowest BCUT2D eigenvalue weighted by atomic mass is 10.1. The highest BCUT2D eigenvalue weighted by Crippen LogP contribution is 2.32. The Bertz CT molecular complexity index is 1270. The molecule has 10 nitrogen and oxygen atoms in total. The number of aromatic nitrogens is 3. The molecule has 1 aromatic carbocycles. The number of imidazole rings is 1. The van der Waals surface area contributed by atoms with Crippen LogP contribution in [0.2, 0.25) is 0 Å². The molecule has 2 aromatic heterocycles. The smallest absolute Gasteiger partial charge is 0.407 e. The number of aromatic amines is 1. The van der Waals surface area contributed by atoms with Gasteiger partial charge in [0.1, 0.15) is 17.3 Å². The molecule has 1 aliphatic rings. The monoisotopic (exact) mass is 505 g/mol. The number of hydrogen-bond acceptors (Lipinski definition) is 6. The predicted molar refractivity (Wildman–Crippen MR) is 137 cm³/mol. The molecule has 0 aliphatic carbocycles. The summed E-state index contributed by atoms with van der Waals surface area (Å²) in [6.45, 7) is 4.33. The first-order valence-electron chi connectivity index (χ1n) is 12.5. The van der Waals surface area contributed by atoms with Gasteiger partial charge in [0, 0.05) is 23.9 Å². The van der Waals surface area contributed by atoms with Crippen LogP contribution < -0.4 is 5.32 Å². The SMILES string of the molecule is CCOC(=O)c1[nH]c(C2CCCCCN2C(=O)O)nc1-c1ccc(C(=O)Nc2cc(CC)ccn2)cc1. The van der Waals surface area contributed by atoms with Gasteiger partial charge in [0.2, 0.25) is 0 Å². The molecule has 0 saturated carbocycles. The zero-order valence-electron chi connectivity index (χ0n) is 21.0. The molecular formula is C27H31N5O5. The molecule has 10 heteroatoms. The van der Waals surface area contributed by atoms with Crippen molar-refractivity contribution in [1.29, 1.82) is 0 Å². The van der Waals surface area contributed by atoms with Gasteiger partial charge in [0.25, 0.3) is 5.91 Å². The number of benzene rings is 1. The topological polar surface area (TPSA) is 138 Å². The Kier molecular flexibility index (Phi) is 8.17. The Morgan fingerprint density at radius 2 is 1.92 bits per heavy atom. The highest BCUT2D eigenvalue weighted by atomic mass is 16.5. The lowest BCUT2D eigenvalue weighted by Gasteiger charge is -2.25. The molecule has 3 aromatic rings. The number of amides is 2. The fraction of sp³-hybridized carbons (Fsp3) is 0.370. The molecule has 1 atom stereocenters. The van der Waals surface area contributed by atoms with Crippen LogP contribution in [0.4, 0.5) is 10.6 Å². The molecule has 1 fully saturated rings. The lowest BCUT2D eigenvalue weighted by molar-refractivity contribution is 0.0520. The maximum Gasteiger partial charge on any atom is 0.407 e. The summed E-state index contributed by atoms with van der Waals surface area (Å²) < 4.78 is 5.23. The minimum absolute atomic E-state index is 0.157. The van der Waals surface area contributed by atoms with E-state index >= 15 is 0 Å². The molecular weight excluding hydrogens is 474 g/mol. The molecule has 0 bridgehead atoms. The first-order valence-corrected chi connectivity index (χ1v) is 12.5. The molecule has 1 aliphatic heterocycles. The van der Waals surface area contributed by atoms with Crippen molar-refractivity contribution in [3.63, 3.8) is 0 Å². The van der Waals surface area contributed by atoms with E-state index in [1.165, 1.54) is 4.90 Å². The van der Waals surface area contributed by atoms with Crippen molar-refractivity contribution in [2.45, 2.75) is 52.0 Å². The highest BCUT2D eigenvalue weighted by Gasteiger charge is 2.31. The lowest BCUT2D eigenvalue weighted by Crippen LogP contribution is -2.34. The number of aryl methyl sites for hydroxylation is 1. The summed E-state index contributed by atoms with van der Waals surface area (Å²) in [7, 11) is 0. The molecule has 194 valence electrons. The Morgan fingerprint density at radius 3 is 2.62 bits per heavy atom. The number of nitrogens with zero attached hydrogens (tertiary/aromatic N) is 3. The van der Waals surface area contributed by atoms with Crippen molar-refractivity contribution in [2.24, 2.45) is 0 Å². The highest BCUT2D eigenvalue weighted by molar-refractivity contribution is 6.04. The van der Waals surface area contributed by atoms with Gasteiger partial charge in [0.15, 0.2) is 5.69 Å². The van der Waals surface area contributed by atoms with Crippen LogP contribution >= 0.6 is 0 Å². The van der Waals surface area contributed by atoms with E-state index in [0.29, 0.717) is 41.4 Å². The van der Waals surface area contributed by atoms with Crippen molar-refractivity contribution in [3.05, 3.63) is 65.2 Å². The first kappa shape index (κ1) is 25.9. The van der Waals surface area contributed by atoms with E-state index < -0.39 is 18.1 Å². The van der Waals surface area contributed by atoms with Gasteiger partial charge in [-0.2, -0.15) is 0 Å². The predicted octanol–water partition coefficient (Wildman–Crippen LogP) is 5.06.